The van der Waals surface area contributed by atoms with E-state index in [0.717, 1.165) is 16.8 Å². The highest BCUT2D eigenvalue weighted by Gasteiger charge is 2.34. The number of nitrogens with one attached hydrogen (secondary N) is 1. The van der Waals surface area contributed by atoms with E-state index in [9.17, 15) is 22.4 Å². The van der Waals surface area contributed by atoms with Crippen LogP contribution in [0.15, 0.2) is 41.3 Å². The Hall–Kier alpha value is -2.74. The number of sulfone groups is 1. The van der Waals surface area contributed by atoms with Gasteiger partial charge in [-0.05, 0) is 67.3 Å². The van der Waals surface area contributed by atoms with Crippen molar-refractivity contribution in [2.75, 3.05) is 16.8 Å². The van der Waals surface area contributed by atoms with E-state index in [1.165, 1.54) is 31.2 Å². The summed E-state index contributed by atoms with van der Waals surface area (Å²) in [6.07, 6.45) is 1.33. The fourth-order valence-corrected chi connectivity index (χ4v) is 5.39. The van der Waals surface area contributed by atoms with Gasteiger partial charge in [0.25, 0.3) is 0 Å². The summed E-state index contributed by atoms with van der Waals surface area (Å²) in [5.41, 5.74) is 3.02. The molecule has 1 atom stereocenters. The van der Waals surface area contributed by atoms with Crippen LogP contribution in [0.25, 0.3) is 0 Å². The first-order valence-corrected chi connectivity index (χ1v) is 11.1. The minimum Gasteiger partial charge on any atom is -0.326 e. The molecule has 0 spiro atoms. The number of carbonyl (C=O) groups is 2. The van der Waals surface area contributed by atoms with Gasteiger partial charge in [0.05, 0.1) is 15.8 Å². The van der Waals surface area contributed by atoms with Gasteiger partial charge in [-0.25, -0.2) is 12.8 Å². The zero-order valence-corrected chi connectivity index (χ0v) is 16.8. The van der Waals surface area contributed by atoms with Crippen LogP contribution in [0.1, 0.15) is 30.9 Å². The second-order valence-electron chi connectivity index (χ2n) is 7.50. The Labute approximate surface area is 168 Å². The molecule has 2 aromatic rings. The quantitative estimate of drug-likeness (QED) is 0.813. The van der Waals surface area contributed by atoms with E-state index in [4.69, 9.17) is 0 Å². The Morgan fingerprint density at radius 2 is 1.79 bits per heavy atom. The Bertz CT molecular complexity index is 1100. The van der Waals surface area contributed by atoms with Crippen LogP contribution < -0.4 is 10.2 Å². The monoisotopic (exact) mass is 416 g/mol. The Morgan fingerprint density at radius 3 is 2.48 bits per heavy atom. The smallest absolute Gasteiger partial charge is 0.227 e. The molecule has 2 heterocycles. The second-order valence-corrected chi connectivity index (χ2v) is 9.87. The molecule has 8 heteroatoms. The first kappa shape index (κ1) is 19.6. The standard InChI is InChI=1S/C21H21FN2O4S/c1-13(10-19(25)23-17-5-3-16(22)4-6-17)29(27,28)18-11-14-2-7-20(26)24-9-8-15(12-18)21(14)24/h3-6,11-13H,2,7-10H2,1H3,(H,23,25). The van der Waals surface area contributed by atoms with E-state index in [2.05, 4.69) is 5.32 Å². The number of aryl methyl sites for hydroxylation is 1. The summed E-state index contributed by atoms with van der Waals surface area (Å²) in [4.78, 5) is 26.3. The van der Waals surface area contributed by atoms with Crippen LogP contribution in [0, 0.1) is 5.82 Å². The molecule has 0 saturated carbocycles. The summed E-state index contributed by atoms with van der Waals surface area (Å²) in [6, 6.07) is 8.57. The van der Waals surface area contributed by atoms with Gasteiger partial charge in [0.15, 0.2) is 9.84 Å². The Kier molecular flexibility index (Phi) is 4.90. The molecule has 0 radical (unpaired) electrons. The highest BCUT2D eigenvalue weighted by Crippen LogP contribution is 2.39. The molecule has 1 unspecified atom stereocenters. The van der Waals surface area contributed by atoms with Crippen molar-refractivity contribution in [2.24, 2.45) is 0 Å². The van der Waals surface area contributed by atoms with Crippen LogP contribution in [-0.4, -0.2) is 32.0 Å². The number of rotatable bonds is 5. The van der Waals surface area contributed by atoms with Gasteiger partial charge in [0, 0.05) is 25.1 Å². The molecular weight excluding hydrogens is 395 g/mol. The van der Waals surface area contributed by atoms with E-state index in [1.807, 2.05) is 0 Å². The average Bonchev–Trinajstić information content (AvgIpc) is 3.12. The van der Waals surface area contributed by atoms with Gasteiger partial charge in [-0.1, -0.05) is 0 Å². The molecule has 0 aliphatic carbocycles. The number of nitrogens with zero attached hydrogens (tertiary/aromatic N) is 1. The number of halogens is 1. The molecule has 0 fully saturated rings. The SMILES string of the molecule is CC(CC(=O)Nc1ccc(F)cc1)S(=O)(=O)c1cc2c3c(c1)CCN3C(=O)CC2. The third kappa shape index (κ3) is 3.64. The van der Waals surface area contributed by atoms with Gasteiger partial charge in [-0.3, -0.25) is 9.59 Å². The minimum absolute atomic E-state index is 0.0812. The van der Waals surface area contributed by atoms with Crippen molar-refractivity contribution in [1.29, 1.82) is 0 Å². The van der Waals surface area contributed by atoms with Crippen LogP contribution in [0.2, 0.25) is 0 Å². The fraction of sp³-hybridized carbons (Fsp3) is 0.333. The number of benzene rings is 2. The van der Waals surface area contributed by atoms with Gasteiger partial charge in [0.2, 0.25) is 11.8 Å². The highest BCUT2D eigenvalue weighted by atomic mass is 32.2. The number of hydrogen-bond donors (Lipinski definition) is 1. The summed E-state index contributed by atoms with van der Waals surface area (Å²) >= 11 is 0. The molecule has 2 aliphatic rings. The van der Waals surface area contributed by atoms with E-state index < -0.39 is 26.8 Å². The van der Waals surface area contributed by atoms with Crippen molar-refractivity contribution >= 4 is 33.0 Å². The Balaban J connectivity index is 1.53. The first-order valence-electron chi connectivity index (χ1n) is 9.51. The lowest BCUT2D eigenvalue weighted by Crippen LogP contribution is -2.33. The molecule has 1 N–H and O–H groups in total. The van der Waals surface area contributed by atoms with E-state index in [0.29, 0.717) is 31.5 Å². The van der Waals surface area contributed by atoms with E-state index >= 15 is 0 Å². The third-order valence-corrected chi connectivity index (χ3v) is 7.60. The molecule has 0 bridgehead atoms. The molecular formula is C21H21FN2O4S. The van der Waals surface area contributed by atoms with Crippen molar-refractivity contribution in [2.45, 2.75) is 42.8 Å². The lowest BCUT2D eigenvalue weighted by Gasteiger charge is -2.26. The van der Waals surface area contributed by atoms with Crippen molar-refractivity contribution in [1.82, 2.24) is 0 Å². The summed E-state index contributed by atoms with van der Waals surface area (Å²) in [5.74, 6) is -0.788. The third-order valence-electron chi connectivity index (χ3n) is 5.48. The minimum atomic E-state index is -3.72. The first-order chi connectivity index (χ1) is 13.8. The molecule has 2 amide bonds. The molecule has 0 aromatic heterocycles. The Morgan fingerprint density at radius 1 is 1.14 bits per heavy atom. The van der Waals surface area contributed by atoms with Crippen LogP contribution >= 0.6 is 0 Å². The van der Waals surface area contributed by atoms with Gasteiger partial charge in [-0.15, -0.1) is 0 Å². The van der Waals surface area contributed by atoms with Crippen molar-refractivity contribution in [3.05, 3.63) is 53.3 Å². The van der Waals surface area contributed by atoms with Crippen molar-refractivity contribution in [3.63, 3.8) is 0 Å². The molecule has 2 aromatic carbocycles. The van der Waals surface area contributed by atoms with Gasteiger partial charge in [-0.2, -0.15) is 0 Å². The normalized spacial score (nSPS) is 16.5. The maximum absolute atomic E-state index is 13.1. The van der Waals surface area contributed by atoms with Gasteiger partial charge in [0.1, 0.15) is 5.82 Å². The highest BCUT2D eigenvalue weighted by molar-refractivity contribution is 7.92. The largest absolute Gasteiger partial charge is 0.326 e. The summed E-state index contributed by atoms with van der Waals surface area (Å²) < 4.78 is 39.1. The zero-order valence-electron chi connectivity index (χ0n) is 15.9. The molecule has 29 heavy (non-hydrogen) atoms. The van der Waals surface area contributed by atoms with Gasteiger partial charge >= 0.3 is 0 Å². The van der Waals surface area contributed by atoms with E-state index in [1.54, 1.807) is 17.0 Å². The molecule has 6 nitrogen and oxygen atoms in total. The maximum atomic E-state index is 13.1. The maximum Gasteiger partial charge on any atom is 0.227 e. The lowest BCUT2D eigenvalue weighted by atomic mass is 10.00. The van der Waals surface area contributed by atoms with Gasteiger partial charge < -0.3 is 10.2 Å². The van der Waals surface area contributed by atoms with E-state index in [-0.39, 0.29) is 17.2 Å². The lowest BCUT2D eigenvalue weighted by molar-refractivity contribution is -0.119. The summed E-state index contributed by atoms with van der Waals surface area (Å²) in [5, 5.41) is 1.67. The van der Waals surface area contributed by atoms with Crippen LogP contribution in [0.4, 0.5) is 15.8 Å². The predicted octanol–water partition coefficient (Wildman–Crippen LogP) is 2.85. The zero-order chi connectivity index (χ0) is 20.8. The number of amides is 2. The average molecular weight is 416 g/mol. The van der Waals surface area contributed by atoms with Crippen LogP contribution in [0.3, 0.4) is 0 Å². The number of carbonyl (C=O) groups excluding carboxylic acids is 2. The topological polar surface area (TPSA) is 83.6 Å². The fourth-order valence-electron chi connectivity index (χ4n) is 3.94. The number of anilines is 2. The van der Waals surface area contributed by atoms with Crippen LogP contribution in [0.5, 0.6) is 0 Å². The number of hydrogen-bond acceptors (Lipinski definition) is 4. The molecule has 0 saturated heterocycles. The summed E-state index contributed by atoms with van der Waals surface area (Å²) in [6.45, 7) is 2.09. The molecule has 152 valence electrons. The molecule has 2 aliphatic heterocycles. The van der Waals surface area contributed by atoms with Crippen LogP contribution in [-0.2, 0) is 32.3 Å². The summed E-state index contributed by atoms with van der Waals surface area (Å²) in [7, 11) is -3.72. The van der Waals surface area contributed by atoms with Crippen molar-refractivity contribution in [3.8, 4) is 0 Å². The second kappa shape index (κ2) is 7.26. The van der Waals surface area contributed by atoms with Crippen molar-refractivity contribution < 1.29 is 22.4 Å². The molecule has 4 rings (SSSR count). The predicted molar refractivity (Wildman–Crippen MR) is 107 cm³/mol.